The second-order valence-corrected chi connectivity index (χ2v) is 9.87. The first-order valence-electron chi connectivity index (χ1n) is 12.4. The van der Waals surface area contributed by atoms with Gasteiger partial charge in [0.25, 0.3) is 5.91 Å². The molecule has 0 aliphatic carbocycles. The number of likely N-dealkylation sites (tertiary alicyclic amines) is 2. The summed E-state index contributed by atoms with van der Waals surface area (Å²) in [5, 5.41) is 1.02. The van der Waals surface area contributed by atoms with Gasteiger partial charge >= 0.3 is 0 Å². The Morgan fingerprint density at radius 2 is 1.72 bits per heavy atom. The van der Waals surface area contributed by atoms with E-state index in [0.717, 1.165) is 48.0 Å². The minimum atomic E-state index is -0.0520. The molecule has 3 heterocycles. The van der Waals surface area contributed by atoms with Crippen molar-refractivity contribution in [3.05, 3.63) is 53.7 Å². The Labute approximate surface area is 211 Å². The molecule has 0 saturated carbocycles. The molecular weight excluding hydrogens is 458 g/mol. The molecule has 3 aromatic rings. The number of fused-ring (bicyclic) bond motifs is 1. The van der Waals surface area contributed by atoms with Crippen molar-refractivity contribution < 1.29 is 23.8 Å². The molecule has 1 aromatic heterocycles. The fourth-order valence-electron chi connectivity index (χ4n) is 5.72. The lowest BCUT2D eigenvalue weighted by molar-refractivity contribution is -0.133. The maximum atomic E-state index is 13.3. The van der Waals surface area contributed by atoms with Crippen molar-refractivity contribution in [2.75, 3.05) is 47.5 Å². The summed E-state index contributed by atoms with van der Waals surface area (Å²) in [6, 6.07) is 11.1. The van der Waals surface area contributed by atoms with E-state index in [-0.39, 0.29) is 17.2 Å². The highest BCUT2D eigenvalue weighted by molar-refractivity contribution is 5.95. The SMILES string of the molecule is COc1ccc2[nH]cc(CC(=O)N3CCCC4(CCN(C(=O)c5ccc(OC)c(OC)c5)C4)C3)c2c1. The molecule has 8 heteroatoms. The van der Waals surface area contributed by atoms with Gasteiger partial charge in [-0.15, -0.1) is 0 Å². The lowest BCUT2D eigenvalue weighted by Crippen LogP contribution is -2.48. The van der Waals surface area contributed by atoms with E-state index < -0.39 is 0 Å². The van der Waals surface area contributed by atoms with Crippen LogP contribution in [0.1, 0.15) is 35.2 Å². The first kappa shape index (κ1) is 24.0. The predicted octanol–water partition coefficient (Wildman–Crippen LogP) is 3.89. The number of aromatic nitrogens is 1. The number of piperidine rings is 1. The average molecular weight is 492 g/mol. The Morgan fingerprint density at radius 1 is 0.917 bits per heavy atom. The summed E-state index contributed by atoms with van der Waals surface area (Å²) in [5.41, 5.74) is 2.51. The van der Waals surface area contributed by atoms with E-state index in [9.17, 15) is 9.59 Å². The number of nitrogens with zero attached hydrogens (tertiary/aromatic N) is 2. The van der Waals surface area contributed by atoms with Crippen molar-refractivity contribution in [2.24, 2.45) is 5.41 Å². The van der Waals surface area contributed by atoms with Crippen molar-refractivity contribution >= 4 is 22.7 Å². The number of aromatic amines is 1. The third-order valence-corrected chi connectivity index (χ3v) is 7.69. The third kappa shape index (κ3) is 4.47. The summed E-state index contributed by atoms with van der Waals surface area (Å²) >= 11 is 0. The molecule has 2 aliphatic heterocycles. The number of carbonyl (C=O) groups is 2. The monoisotopic (exact) mass is 491 g/mol. The van der Waals surface area contributed by atoms with Gasteiger partial charge in [-0.2, -0.15) is 0 Å². The largest absolute Gasteiger partial charge is 0.497 e. The molecule has 2 aromatic carbocycles. The van der Waals surface area contributed by atoms with Gasteiger partial charge in [0.05, 0.1) is 27.8 Å². The van der Waals surface area contributed by atoms with E-state index in [1.165, 1.54) is 0 Å². The first-order chi connectivity index (χ1) is 17.4. The number of hydrogen-bond donors (Lipinski definition) is 1. The maximum absolute atomic E-state index is 13.3. The van der Waals surface area contributed by atoms with E-state index in [2.05, 4.69) is 4.98 Å². The zero-order valence-electron chi connectivity index (χ0n) is 21.1. The van der Waals surface area contributed by atoms with Crippen LogP contribution in [0.15, 0.2) is 42.6 Å². The molecule has 0 bridgehead atoms. The summed E-state index contributed by atoms with van der Waals surface area (Å²) < 4.78 is 16.0. The minimum absolute atomic E-state index is 0.0102. The van der Waals surface area contributed by atoms with Gasteiger partial charge in [0.15, 0.2) is 11.5 Å². The summed E-state index contributed by atoms with van der Waals surface area (Å²) in [5.74, 6) is 2.04. The highest BCUT2D eigenvalue weighted by atomic mass is 16.5. The Hall–Kier alpha value is -3.68. The highest BCUT2D eigenvalue weighted by Gasteiger charge is 2.44. The Bertz CT molecular complexity index is 1290. The first-order valence-corrected chi connectivity index (χ1v) is 12.4. The molecule has 2 amide bonds. The lowest BCUT2D eigenvalue weighted by atomic mass is 9.79. The number of benzene rings is 2. The van der Waals surface area contributed by atoms with Crippen LogP contribution in [0.2, 0.25) is 0 Å². The number of nitrogens with one attached hydrogen (secondary N) is 1. The van der Waals surface area contributed by atoms with Crippen LogP contribution in [0.25, 0.3) is 10.9 Å². The Morgan fingerprint density at radius 3 is 2.50 bits per heavy atom. The Balaban J connectivity index is 1.26. The van der Waals surface area contributed by atoms with Gasteiger partial charge in [-0.25, -0.2) is 0 Å². The van der Waals surface area contributed by atoms with Crippen molar-refractivity contribution in [1.82, 2.24) is 14.8 Å². The van der Waals surface area contributed by atoms with Crippen LogP contribution in [-0.2, 0) is 11.2 Å². The summed E-state index contributed by atoms with van der Waals surface area (Å²) in [6.07, 6.45) is 5.14. The number of rotatable bonds is 6. The number of methoxy groups -OCH3 is 3. The van der Waals surface area contributed by atoms with E-state index >= 15 is 0 Å². The van der Waals surface area contributed by atoms with Gasteiger partial charge in [0, 0.05) is 54.3 Å². The molecule has 1 N–H and O–H groups in total. The van der Waals surface area contributed by atoms with Gasteiger partial charge in [-0.05, 0) is 61.2 Å². The van der Waals surface area contributed by atoms with Gasteiger partial charge in [-0.1, -0.05) is 0 Å². The molecule has 1 atom stereocenters. The topological polar surface area (TPSA) is 84.1 Å². The number of hydrogen-bond acceptors (Lipinski definition) is 5. The quantitative estimate of drug-likeness (QED) is 0.566. The standard InChI is InChI=1S/C28H33N3O5/c1-34-21-6-7-23-22(15-21)20(16-29-23)14-26(32)30-11-4-9-28(17-30)10-12-31(18-28)27(33)19-5-8-24(35-2)25(13-19)36-3/h5-8,13,15-16,29H,4,9-12,14,17-18H2,1-3H3. The predicted molar refractivity (Wildman–Crippen MR) is 137 cm³/mol. The lowest BCUT2D eigenvalue weighted by Gasteiger charge is -2.40. The zero-order valence-corrected chi connectivity index (χ0v) is 21.1. The van der Waals surface area contributed by atoms with E-state index in [1.807, 2.05) is 34.2 Å². The molecule has 0 radical (unpaired) electrons. The van der Waals surface area contributed by atoms with Crippen molar-refractivity contribution in [3.63, 3.8) is 0 Å². The number of ether oxygens (including phenoxy) is 3. The summed E-state index contributed by atoms with van der Waals surface area (Å²) in [7, 11) is 4.79. The van der Waals surface area contributed by atoms with E-state index in [0.29, 0.717) is 43.1 Å². The Kier molecular flexibility index (Phi) is 6.51. The van der Waals surface area contributed by atoms with Gasteiger partial charge < -0.3 is 29.0 Å². The summed E-state index contributed by atoms with van der Waals surface area (Å²) in [6.45, 7) is 2.80. The molecule has 1 spiro atoms. The minimum Gasteiger partial charge on any atom is -0.497 e. The summed E-state index contributed by atoms with van der Waals surface area (Å²) in [4.78, 5) is 33.8. The smallest absolute Gasteiger partial charge is 0.254 e. The van der Waals surface area contributed by atoms with Crippen LogP contribution in [0.5, 0.6) is 17.2 Å². The highest BCUT2D eigenvalue weighted by Crippen LogP contribution is 2.40. The molecule has 5 rings (SSSR count). The number of amides is 2. The number of H-pyrrole nitrogens is 1. The van der Waals surface area contributed by atoms with Crippen molar-refractivity contribution in [2.45, 2.75) is 25.7 Å². The zero-order chi connectivity index (χ0) is 25.3. The molecule has 190 valence electrons. The molecule has 2 saturated heterocycles. The van der Waals surface area contributed by atoms with Crippen LogP contribution in [0, 0.1) is 5.41 Å². The van der Waals surface area contributed by atoms with Crippen LogP contribution in [-0.4, -0.2) is 74.1 Å². The fraction of sp³-hybridized carbons (Fsp3) is 0.429. The van der Waals surface area contributed by atoms with Gasteiger partial charge in [0.1, 0.15) is 5.75 Å². The fourth-order valence-corrected chi connectivity index (χ4v) is 5.72. The van der Waals surface area contributed by atoms with Crippen LogP contribution >= 0.6 is 0 Å². The van der Waals surface area contributed by atoms with Crippen LogP contribution in [0.4, 0.5) is 0 Å². The van der Waals surface area contributed by atoms with Crippen molar-refractivity contribution in [3.8, 4) is 17.2 Å². The molecule has 1 unspecified atom stereocenters. The van der Waals surface area contributed by atoms with Gasteiger partial charge in [-0.3, -0.25) is 9.59 Å². The normalized spacial score (nSPS) is 19.6. The van der Waals surface area contributed by atoms with Crippen LogP contribution in [0.3, 0.4) is 0 Å². The average Bonchev–Trinajstić information content (AvgIpc) is 3.51. The molecular formula is C28H33N3O5. The van der Waals surface area contributed by atoms with Crippen LogP contribution < -0.4 is 14.2 Å². The number of carbonyl (C=O) groups excluding carboxylic acids is 2. The van der Waals surface area contributed by atoms with E-state index in [4.69, 9.17) is 14.2 Å². The molecule has 2 aliphatic rings. The second-order valence-electron chi connectivity index (χ2n) is 9.87. The molecule has 8 nitrogen and oxygen atoms in total. The molecule has 36 heavy (non-hydrogen) atoms. The van der Waals surface area contributed by atoms with E-state index in [1.54, 1.807) is 39.5 Å². The second kappa shape index (κ2) is 9.76. The maximum Gasteiger partial charge on any atom is 0.254 e. The third-order valence-electron chi connectivity index (χ3n) is 7.69. The van der Waals surface area contributed by atoms with Gasteiger partial charge in [0.2, 0.25) is 5.91 Å². The molecule has 2 fully saturated rings. The van der Waals surface area contributed by atoms with Crippen molar-refractivity contribution in [1.29, 1.82) is 0 Å².